The second-order valence-electron chi connectivity index (χ2n) is 7.16. The fraction of sp³-hybridized carbons (Fsp3) is 0.429. The molecule has 4 rings (SSSR count). The van der Waals surface area contributed by atoms with E-state index in [2.05, 4.69) is 44.5 Å². The molecule has 4 heteroatoms. The first-order valence-electron chi connectivity index (χ1n) is 9.48. The lowest BCUT2D eigenvalue weighted by molar-refractivity contribution is 0.334. The van der Waals surface area contributed by atoms with E-state index >= 15 is 0 Å². The van der Waals surface area contributed by atoms with Crippen molar-refractivity contribution in [2.75, 3.05) is 6.54 Å². The molecule has 1 aliphatic rings. The molecule has 0 radical (unpaired) electrons. The zero-order valence-corrected chi connectivity index (χ0v) is 14.7. The highest BCUT2D eigenvalue weighted by Crippen LogP contribution is 2.25. The Labute approximate surface area is 149 Å². The molecule has 1 aromatic carbocycles. The molecule has 25 heavy (non-hydrogen) atoms. The number of pyridine rings is 1. The monoisotopic (exact) mass is 334 g/mol. The lowest BCUT2D eigenvalue weighted by Crippen LogP contribution is -2.19. The molecule has 0 bridgehead atoms. The van der Waals surface area contributed by atoms with Crippen LogP contribution in [0.4, 0.5) is 0 Å². The number of aromatic nitrogens is 3. The topological polar surface area (TPSA) is 53.6 Å². The smallest absolute Gasteiger partial charge is 0.0931 e. The summed E-state index contributed by atoms with van der Waals surface area (Å²) in [5, 5.41) is 3.58. The Morgan fingerprint density at radius 1 is 1.04 bits per heavy atom. The molecule has 130 valence electrons. The van der Waals surface area contributed by atoms with Gasteiger partial charge in [-0.15, -0.1) is 0 Å². The van der Waals surface area contributed by atoms with Crippen molar-refractivity contribution in [2.24, 2.45) is 5.92 Å². The largest absolute Gasteiger partial charge is 0.345 e. The molecule has 2 aromatic heterocycles. The molecule has 0 aliphatic heterocycles. The van der Waals surface area contributed by atoms with Gasteiger partial charge in [-0.05, 0) is 42.6 Å². The maximum absolute atomic E-state index is 4.63. The summed E-state index contributed by atoms with van der Waals surface area (Å²) in [6.45, 7) is 2.02. The normalized spacial score (nSPS) is 15.7. The minimum atomic E-state index is 0.902. The van der Waals surface area contributed by atoms with Crippen LogP contribution in [0.1, 0.15) is 44.1 Å². The molecular formula is C21H26N4. The Bertz CT molecular complexity index is 800. The van der Waals surface area contributed by atoms with Gasteiger partial charge in [-0.25, -0.2) is 4.98 Å². The van der Waals surface area contributed by atoms with Crippen LogP contribution in [0.15, 0.2) is 42.9 Å². The molecule has 1 fully saturated rings. The first-order valence-corrected chi connectivity index (χ1v) is 9.48. The fourth-order valence-electron chi connectivity index (χ4n) is 3.81. The molecule has 2 N–H and O–H groups in total. The minimum absolute atomic E-state index is 0.902. The van der Waals surface area contributed by atoms with E-state index in [1.807, 2.05) is 12.3 Å². The summed E-state index contributed by atoms with van der Waals surface area (Å²) in [5.74, 6) is 0.944. The minimum Gasteiger partial charge on any atom is -0.345 e. The van der Waals surface area contributed by atoms with Crippen LogP contribution >= 0.6 is 0 Å². The Kier molecular flexibility index (Phi) is 5.07. The predicted octanol–water partition coefficient (Wildman–Crippen LogP) is 4.68. The van der Waals surface area contributed by atoms with Crippen molar-refractivity contribution in [1.82, 2.24) is 20.3 Å². The van der Waals surface area contributed by atoms with Crippen molar-refractivity contribution in [1.29, 1.82) is 0 Å². The lowest BCUT2D eigenvalue weighted by Gasteiger charge is -2.21. The Hall–Kier alpha value is -2.20. The van der Waals surface area contributed by atoms with Gasteiger partial charge in [0.2, 0.25) is 0 Å². The van der Waals surface area contributed by atoms with Crippen LogP contribution in [0.3, 0.4) is 0 Å². The van der Waals surface area contributed by atoms with E-state index in [-0.39, 0.29) is 0 Å². The quantitative estimate of drug-likeness (QED) is 0.643. The summed E-state index contributed by atoms with van der Waals surface area (Å²) < 4.78 is 0. The van der Waals surface area contributed by atoms with Gasteiger partial charge in [0.05, 0.1) is 23.1 Å². The Morgan fingerprint density at radius 2 is 1.96 bits per heavy atom. The van der Waals surface area contributed by atoms with Crippen LogP contribution in [0.25, 0.3) is 22.3 Å². The van der Waals surface area contributed by atoms with Crippen LogP contribution in [-0.4, -0.2) is 21.5 Å². The van der Waals surface area contributed by atoms with Crippen LogP contribution in [0.2, 0.25) is 0 Å². The highest BCUT2D eigenvalue weighted by Gasteiger charge is 2.12. The number of fused-ring (bicyclic) bond motifs is 1. The van der Waals surface area contributed by atoms with E-state index in [9.17, 15) is 0 Å². The first kappa shape index (κ1) is 16.3. The van der Waals surface area contributed by atoms with Crippen molar-refractivity contribution >= 4 is 11.0 Å². The third kappa shape index (κ3) is 4.07. The number of nitrogens with one attached hydrogen (secondary N) is 2. The summed E-state index contributed by atoms with van der Waals surface area (Å²) >= 11 is 0. The van der Waals surface area contributed by atoms with Crippen molar-refractivity contribution in [3.63, 3.8) is 0 Å². The molecule has 2 heterocycles. The van der Waals surface area contributed by atoms with Gasteiger partial charge in [0.15, 0.2) is 0 Å². The number of H-pyrrole nitrogens is 1. The maximum atomic E-state index is 4.63. The Morgan fingerprint density at radius 3 is 2.80 bits per heavy atom. The number of nitrogens with zero attached hydrogens (tertiary/aromatic N) is 2. The van der Waals surface area contributed by atoms with Gasteiger partial charge in [-0.3, -0.25) is 4.98 Å². The fourth-order valence-corrected chi connectivity index (χ4v) is 3.81. The molecule has 1 aliphatic carbocycles. The molecule has 0 unspecified atom stereocenters. The summed E-state index contributed by atoms with van der Waals surface area (Å²) in [7, 11) is 0. The zero-order valence-electron chi connectivity index (χ0n) is 14.7. The van der Waals surface area contributed by atoms with Gasteiger partial charge in [0.25, 0.3) is 0 Å². The number of aromatic amines is 1. The third-order valence-electron chi connectivity index (χ3n) is 5.32. The zero-order chi connectivity index (χ0) is 16.9. The standard InChI is InChI=1S/C21H26N4/c1-2-4-16(5-3-1)10-11-22-13-17-6-8-19(23-14-17)18-7-9-20-21(12-18)25-15-24-20/h6-9,12,14-16,22H,1-5,10-11,13H2,(H,24,25). The van der Waals surface area contributed by atoms with Gasteiger partial charge < -0.3 is 10.3 Å². The Balaban J connectivity index is 1.30. The van der Waals surface area contributed by atoms with Crippen molar-refractivity contribution < 1.29 is 0 Å². The van der Waals surface area contributed by atoms with Crippen molar-refractivity contribution in [3.05, 3.63) is 48.4 Å². The first-order chi connectivity index (χ1) is 12.4. The van der Waals surface area contributed by atoms with Gasteiger partial charge >= 0.3 is 0 Å². The highest BCUT2D eigenvalue weighted by atomic mass is 14.9. The van der Waals surface area contributed by atoms with Gasteiger partial charge in [-0.1, -0.05) is 44.2 Å². The lowest BCUT2D eigenvalue weighted by atomic mass is 9.87. The van der Waals surface area contributed by atoms with E-state index in [1.165, 1.54) is 44.1 Å². The molecule has 1 saturated carbocycles. The van der Waals surface area contributed by atoms with Crippen molar-refractivity contribution in [2.45, 2.75) is 45.1 Å². The highest BCUT2D eigenvalue weighted by molar-refractivity contribution is 5.80. The van der Waals surface area contributed by atoms with E-state index in [1.54, 1.807) is 6.33 Å². The molecule has 0 amide bonds. The van der Waals surface area contributed by atoms with Crippen LogP contribution in [0.5, 0.6) is 0 Å². The number of hydrogen-bond donors (Lipinski definition) is 2. The van der Waals surface area contributed by atoms with E-state index in [0.717, 1.165) is 41.3 Å². The van der Waals surface area contributed by atoms with E-state index < -0.39 is 0 Å². The number of rotatable bonds is 6. The summed E-state index contributed by atoms with van der Waals surface area (Å²) in [6, 6.07) is 10.5. The molecule has 0 atom stereocenters. The molecule has 3 aromatic rings. The van der Waals surface area contributed by atoms with E-state index in [0.29, 0.717) is 0 Å². The molecule has 0 spiro atoms. The number of imidazole rings is 1. The van der Waals surface area contributed by atoms with Crippen LogP contribution < -0.4 is 5.32 Å². The number of hydrogen-bond acceptors (Lipinski definition) is 3. The second kappa shape index (κ2) is 7.79. The predicted molar refractivity (Wildman–Crippen MR) is 102 cm³/mol. The number of benzene rings is 1. The maximum Gasteiger partial charge on any atom is 0.0931 e. The summed E-state index contributed by atoms with van der Waals surface area (Å²) in [6.07, 6.45) is 12.2. The van der Waals surface area contributed by atoms with E-state index in [4.69, 9.17) is 0 Å². The summed E-state index contributed by atoms with van der Waals surface area (Å²) in [5.41, 5.74) is 5.40. The van der Waals surface area contributed by atoms with Gasteiger partial charge in [-0.2, -0.15) is 0 Å². The van der Waals surface area contributed by atoms with Gasteiger partial charge in [0.1, 0.15) is 0 Å². The average Bonchev–Trinajstić information content (AvgIpc) is 3.14. The second-order valence-corrected chi connectivity index (χ2v) is 7.16. The van der Waals surface area contributed by atoms with Gasteiger partial charge in [0, 0.05) is 18.3 Å². The average molecular weight is 334 g/mol. The SMILES string of the molecule is c1nc2ccc(-c3ccc(CNCCC4CCCCC4)cn3)cc2[nH]1. The molecule has 4 nitrogen and oxygen atoms in total. The summed E-state index contributed by atoms with van der Waals surface area (Å²) in [4.78, 5) is 12.0. The van der Waals surface area contributed by atoms with Crippen molar-refractivity contribution in [3.8, 4) is 11.3 Å². The molecule has 0 saturated heterocycles. The van der Waals surface area contributed by atoms with Crippen LogP contribution in [-0.2, 0) is 6.54 Å². The molecular weight excluding hydrogens is 308 g/mol. The van der Waals surface area contributed by atoms with Crippen LogP contribution in [0, 0.1) is 5.92 Å². The third-order valence-corrected chi connectivity index (χ3v) is 5.32.